The molecule has 1 aromatic rings. The number of morpholine rings is 1. The van der Waals surface area contributed by atoms with Crippen molar-refractivity contribution in [3.63, 3.8) is 0 Å². The first-order chi connectivity index (χ1) is 11.0. The third-order valence-corrected chi connectivity index (χ3v) is 6.96. The highest BCUT2D eigenvalue weighted by Gasteiger charge is 2.36. The number of rotatable bonds is 4. The first-order valence-corrected chi connectivity index (χ1v) is 9.69. The molecule has 3 rings (SSSR count). The molecule has 0 saturated carbocycles. The first kappa shape index (κ1) is 16.9. The van der Waals surface area contributed by atoms with Crippen molar-refractivity contribution in [2.45, 2.75) is 38.5 Å². The monoisotopic (exact) mass is 343 g/mol. The van der Waals surface area contributed by atoms with Crippen LogP contribution in [0.25, 0.3) is 0 Å². The molecule has 8 heteroatoms. The fraction of sp³-hybridized carbons (Fsp3) is 0.800. The number of hydrogen-bond acceptors (Lipinski definition) is 6. The Kier molecular flexibility index (Phi) is 5.05. The van der Waals surface area contributed by atoms with E-state index in [1.165, 1.54) is 0 Å². The lowest BCUT2D eigenvalue weighted by Gasteiger charge is -2.35. The van der Waals surface area contributed by atoms with E-state index < -0.39 is 10.0 Å². The maximum Gasteiger partial charge on any atom is 0.218 e. The molecular weight excluding hydrogens is 318 g/mol. The summed E-state index contributed by atoms with van der Waals surface area (Å²) in [5.74, 6) is 1.50. The van der Waals surface area contributed by atoms with Crippen molar-refractivity contribution in [1.29, 1.82) is 0 Å². The summed E-state index contributed by atoms with van der Waals surface area (Å²) in [6.45, 7) is 7.74. The van der Waals surface area contributed by atoms with Gasteiger partial charge in [0.25, 0.3) is 0 Å². The Balaban J connectivity index is 1.65. The quantitative estimate of drug-likeness (QED) is 0.809. The molecule has 2 fully saturated rings. The Bertz CT molecular complexity index is 618. The zero-order valence-electron chi connectivity index (χ0n) is 13.8. The van der Waals surface area contributed by atoms with Crippen LogP contribution in [0.15, 0.2) is 4.42 Å². The summed E-state index contributed by atoms with van der Waals surface area (Å²) in [4.78, 5) is 6.53. The van der Waals surface area contributed by atoms with E-state index >= 15 is 0 Å². The van der Waals surface area contributed by atoms with E-state index in [2.05, 4.69) is 9.88 Å². The summed E-state index contributed by atoms with van der Waals surface area (Å²) >= 11 is 0. The minimum Gasteiger partial charge on any atom is -0.444 e. The van der Waals surface area contributed by atoms with Crippen molar-refractivity contribution in [3.8, 4) is 0 Å². The van der Waals surface area contributed by atoms with Crippen LogP contribution in [0.2, 0.25) is 0 Å². The SMILES string of the molecule is Cc1nc(CN2CCC[C@@H](S(=O)(=O)N3CCOCC3)C2)oc1C. The lowest BCUT2D eigenvalue weighted by atomic mass is 10.1. The summed E-state index contributed by atoms with van der Waals surface area (Å²) in [5.41, 5.74) is 0.898. The number of likely N-dealkylation sites (tertiary alicyclic amines) is 1. The zero-order chi connectivity index (χ0) is 16.4. The lowest BCUT2D eigenvalue weighted by molar-refractivity contribution is 0.0718. The number of ether oxygens (including phenoxy) is 1. The second-order valence-electron chi connectivity index (χ2n) is 6.30. The van der Waals surface area contributed by atoms with Gasteiger partial charge < -0.3 is 9.15 Å². The number of oxazole rings is 1. The molecule has 2 aliphatic rings. The molecule has 1 atom stereocenters. The molecule has 0 spiro atoms. The number of sulfonamides is 1. The van der Waals surface area contributed by atoms with Crippen LogP contribution < -0.4 is 0 Å². The standard InChI is InChI=1S/C15H25N3O4S/c1-12-13(2)22-15(16-12)11-17-5-3-4-14(10-17)23(19,20)18-6-8-21-9-7-18/h14H,3-11H2,1-2H3/t14-/m1/s1. The van der Waals surface area contributed by atoms with Crippen molar-refractivity contribution in [1.82, 2.24) is 14.2 Å². The lowest BCUT2D eigenvalue weighted by Crippen LogP contribution is -2.50. The van der Waals surface area contributed by atoms with Gasteiger partial charge >= 0.3 is 0 Å². The van der Waals surface area contributed by atoms with Gasteiger partial charge in [-0.1, -0.05) is 0 Å². The minimum absolute atomic E-state index is 0.341. The Morgan fingerprint density at radius 1 is 1.22 bits per heavy atom. The molecule has 0 aromatic carbocycles. The molecule has 130 valence electrons. The third-order valence-electron chi connectivity index (χ3n) is 4.65. The predicted octanol–water partition coefficient (Wildman–Crippen LogP) is 0.918. The second-order valence-corrected chi connectivity index (χ2v) is 8.52. The van der Waals surface area contributed by atoms with E-state index in [1.807, 2.05) is 13.8 Å². The number of aromatic nitrogens is 1. The van der Waals surface area contributed by atoms with E-state index in [0.29, 0.717) is 45.3 Å². The van der Waals surface area contributed by atoms with E-state index in [9.17, 15) is 8.42 Å². The third kappa shape index (κ3) is 3.76. The Morgan fingerprint density at radius 3 is 2.61 bits per heavy atom. The molecule has 0 N–H and O–H groups in total. The van der Waals surface area contributed by atoms with Gasteiger partial charge in [0.1, 0.15) is 5.76 Å². The molecule has 0 aliphatic carbocycles. The average molecular weight is 343 g/mol. The van der Waals surface area contributed by atoms with Gasteiger partial charge in [-0.3, -0.25) is 4.90 Å². The predicted molar refractivity (Wildman–Crippen MR) is 85.6 cm³/mol. The van der Waals surface area contributed by atoms with Crippen LogP contribution in [-0.2, 0) is 21.3 Å². The molecular formula is C15H25N3O4S. The molecule has 7 nitrogen and oxygen atoms in total. The average Bonchev–Trinajstić information content (AvgIpc) is 2.86. The van der Waals surface area contributed by atoms with Gasteiger partial charge in [0, 0.05) is 19.6 Å². The molecule has 1 aromatic heterocycles. The molecule has 0 radical (unpaired) electrons. The van der Waals surface area contributed by atoms with Crippen molar-refractivity contribution in [2.75, 3.05) is 39.4 Å². The normalized spacial score (nSPS) is 24.9. The summed E-state index contributed by atoms with van der Waals surface area (Å²) in [6, 6.07) is 0. The van der Waals surface area contributed by atoms with Gasteiger partial charge in [-0.2, -0.15) is 4.31 Å². The highest BCUT2D eigenvalue weighted by Crippen LogP contribution is 2.23. The fourth-order valence-electron chi connectivity index (χ4n) is 3.21. The van der Waals surface area contributed by atoms with Crippen molar-refractivity contribution >= 4 is 10.0 Å². The topological polar surface area (TPSA) is 75.9 Å². The molecule has 0 amide bonds. The highest BCUT2D eigenvalue weighted by atomic mass is 32.2. The van der Waals surface area contributed by atoms with Gasteiger partial charge in [0.05, 0.1) is 30.7 Å². The van der Waals surface area contributed by atoms with E-state index in [-0.39, 0.29) is 5.25 Å². The smallest absolute Gasteiger partial charge is 0.218 e. The zero-order valence-corrected chi connectivity index (χ0v) is 14.6. The van der Waals surface area contributed by atoms with Crippen molar-refractivity contribution in [3.05, 3.63) is 17.3 Å². The molecule has 2 aliphatic heterocycles. The van der Waals surface area contributed by atoms with E-state index in [1.54, 1.807) is 4.31 Å². The molecule has 23 heavy (non-hydrogen) atoms. The summed E-state index contributed by atoms with van der Waals surface area (Å²) in [5, 5.41) is -0.341. The van der Waals surface area contributed by atoms with Crippen LogP contribution in [0.4, 0.5) is 0 Å². The molecule has 0 bridgehead atoms. The molecule has 2 saturated heterocycles. The first-order valence-electron chi connectivity index (χ1n) is 8.19. The largest absolute Gasteiger partial charge is 0.444 e. The Hall–Kier alpha value is -0.960. The number of aryl methyl sites for hydroxylation is 2. The van der Waals surface area contributed by atoms with Crippen LogP contribution >= 0.6 is 0 Å². The summed E-state index contributed by atoms with van der Waals surface area (Å²) in [7, 11) is -3.25. The number of nitrogens with zero attached hydrogens (tertiary/aromatic N) is 3. The molecule has 0 unspecified atom stereocenters. The van der Waals surface area contributed by atoms with Gasteiger partial charge in [0.2, 0.25) is 15.9 Å². The van der Waals surface area contributed by atoms with Crippen molar-refractivity contribution < 1.29 is 17.6 Å². The van der Waals surface area contributed by atoms with Crippen LogP contribution in [0, 0.1) is 13.8 Å². The highest BCUT2D eigenvalue weighted by molar-refractivity contribution is 7.89. The Labute approximate surface area is 137 Å². The van der Waals surface area contributed by atoms with Crippen LogP contribution in [0.1, 0.15) is 30.2 Å². The van der Waals surface area contributed by atoms with Gasteiger partial charge in [-0.15, -0.1) is 0 Å². The number of hydrogen-bond donors (Lipinski definition) is 0. The summed E-state index contributed by atoms with van der Waals surface area (Å²) < 4.78 is 38.1. The maximum absolute atomic E-state index is 12.8. The van der Waals surface area contributed by atoms with Crippen LogP contribution in [0.3, 0.4) is 0 Å². The summed E-state index contributed by atoms with van der Waals surface area (Å²) in [6.07, 6.45) is 1.60. The maximum atomic E-state index is 12.8. The Morgan fingerprint density at radius 2 is 1.96 bits per heavy atom. The van der Waals surface area contributed by atoms with Crippen LogP contribution in [-0.4, -0.2) is 67.2 Å². The minimum atomic E-state index is -3.25. The van der Waals surface area contributed by atoms with E-state index in [4.69, 9.17) is 9.15 Å². The fourth-order valence-corrected chi connectivity index (χ4v) is 5.15. The van der Waals surface area contributed by atoms with Gasteiger partial charge in [-0.05, 0) is 33.2 Å². The van der Waals surface area contributed by atoms with Crippen LogP contribution in [0.5, 0.6) is 0 Å². The van der Waals surface area contributed by atoms with Gasteiger partial charge in [0.15, 0.2) is 0 Å². The van der Waals surface area contributed by atoms with Gasteiger partial charge in [-0.25, -0.2) is 13.4 Å². The van der Waals surface area contributed by atoms with Crippen molar-refractivity contribution in [2.24, 2.45) is 0 Å². The van der Waals surface area contributed by atoms with E-state index in [0.717, 1.165) is 30.8 Å². The number of piperidine rings is 1. The second kappa shape index (κ2) is 6.88. The molecule has 3 heterocycles.